The first-order valence-electron chi connectivity index (χ1n) is 10.2. The minimum absolute atomic E-state index is 0.0401. The molecule has 0 spiro atoms. The molecule has 0 aliphatic carbocycles. The fraction of sp³-hybridized carbons (Fsp3) is 0.750. The lowest BCUT2D eigenvalue weighted by Gasteiger charge is -2.42. The molecule has 0 unspecified atom stereocenters. The van der Waals surface area contributed by atoms with E-state index in [9.17, 15) is 4.79 Å². The molecule has 1 amide bonds. The number of amides is 1. The highest BCUT2D eigenvalue weighted by Gasteiger charge is 2.35. The van der Waals surface area contributed by atoms with Crippen LogP contribution in [0.5, 0.6) is 0 Å². The van der Waals surface area contributed by atoms with Crippen LogP contribution in [0.25, 0.3) is 0 Å². The topological polar surface area (TPSA) is 57.0 Å². The van der Waals surface area contributed by atoms with E-state index < -0.39 is 0 Å². The van der Waals surface area contributed by atoms with Gasteiger partial charge in [0, 0.05) is 44.1 Å². The zero-order chi connectivity index (χ0) is 20.3. The van der Waals surface area contributed by atoms with Crippen LogP contribution in [0.3, 0.4) is 0 Å². The van der Waals surface area contributed by atoms with Crippen molar-refractivity contribution in [1.29, 1.82) is 0 Å². The Kier molecular flexibility index (Phi) is 7.12. The van der Waals surface area contributed by atoms with E-state index in [4.69, 9.17) is 16.7 Å². The number of nitrogens with zero attached hydrogens (tertiary/aromatic N) is 6. The summed E-state index contributed by atoms with van der Waals surface area (Å²) in [7, 11) is 6.22. The molecule has 156 valence electrons. The van der Waals surface area contributed by atoms with E-state index in [0.29, 0.717) is 11.7 Å². The standard InChI is InChI=1S/C20H33ClN6O/c1-5-22-9-6-10-27-19(18-8-7-15(21)12-25(18)4)11-17(23-27)20(28)26-13-16(14-26)24(2)3/h5,11,15-16,18H,6-10,12-14H2,1-4H3/t15-,18+/m1/s1. The molecule has 2 aliphatic heterocycles. The molecule has 1 aromatic heterocycles. The van der Waals surface area contributed by atoms with Crippen LogP contribution in [-0.4, -0.2) is 95.3 Å². The second-order valence-electron chi connectivity index (χ2n) is 8.15. The lowest BCUT2D eigenvalue weighted by Crippen LogP contribution is -2.59. The molecule has 0 N–H and O–H groups in total. The zero-order valence-electron chi connectivity index (χ0n) is 17.5. The van der Waals surface area contributed by atoms with Gasteiger partial charge in [-0.15, -0.1) is 11.6 Å². The largest absolute Gasteiger partial charge is 0.334 e. The number of carbonyl (C=O) groups excluding carboxylic acids is 1. The van der Waals surface area contributed by atoms with Crippen molar-refractivity contribution < 1.29 is 4.79 Å². The molecule has 28 heavy (non-hydrogen) atoms. The fourth-order valence-corrected chi connectivity index (χ4v) is 4.34. The third-order valence-corrected chi connectivity index (χ3v) is 6.22. The van der Waals surface area contributed by atoms with Gasteiger partial charge in [-0.3, -0.25) is 19.4 Å². The molecule has 8 heteroatoms. The van der Waals surface area contributed by atoms with Crippen LogP contribution in [0.15, 0.2) is 11.1 Å². The van der Waals surface area contributed by atoms with E-state index in [2.05, 4.69) is 35.9 Å². The number of aromatic nitrogens is 2. The number of carbonyl (C=O) groups is 1. The summed E-state index contributed by atoms with van der Waals surface area (Å²) in [5.74, 6) is 0.0401. The molecule has 2 fully saturated rings. The lowest BCUT2D eigenvalue weighted by atomic mass is 9.99. The van der Waals surface area contributed by atoms with E-state index >= 15 is 0 Å². The highest BCUT2D eigenvalue weighted by molar-refractivity contribution is 6.20. The first-order chi connectivity index (χ1) is 13.4. The first-order valence-corrected chi connectivity index (χ1v) is 10.7. The van der Waals surface area contributed by atoms with Crippen LogP contribution < -0.4 is 0 Å². The number of likely N-dealkylation sites (tertiary alicyclic amines) is 2. The van der Waals surface area contributed by atoms with Crippen LogP contribution in [0.4, 0.5) is 0 Å². The van der Waals surface area contributed by atoms with Crippen LogP contribution in [0, 0.1) is 0 Å². The smallest absolute Gasteiger partial charge is 0.274 e. The van der Waals surface area contributed by atoms with Crippen molar-refractivity contribution in [1.82, 2.24) is 24.5 Å². The summed E-state index contributed by atoms with van der Waals surface area (Å²) in [6.07, 6.45) is 4.72. The minimum atomic E-state index is 0.0401. The van der Waals surface area contributed by atoms with Gasteiger partial charge >= 0.3 is 0 Å². The monoisotopic (exact) mass is 408 g/mol. The fourth-order valence-electron chi connectivity index (χ4n) is 4.00. The predicted octanol–water partition coefficient (Wildman–Crippen LogP) is 2.12. The molecule has 1 aromatic rings. The number of aryl methyl sites for hydroxylation is 1. The van der Waals surface area contributed by atoms with Crippen molar-refractivity contribution >= 4 is 23.7 Å². The number of piperidine rings is 1. The average Bonchev–Trinajstić information content (AvgIpc) is 3.01. The number of alkyl halides is 1. The summed E-state index contributed by atoms with van der Waals surface area (Å²) in [4.78, 5) is 23.6. The average molecular weight is 409 g/mol. The Labute approximate surface area is 173 Å². The van der Waals surface area contributed by atoms with Crippen molar-refractivity contribution in [3.8, 4) is 0 Å². The number of likely N-dealkylation sites (N-methyl/N-ethyl adjacent to an activating group) is 1. The lowest BCUT2D eigenvalue weighted by molar-refractivity contribution is 0.0393. The first kappa shape index (κ1) is 21.3. The number of hydrogen-bond acceptors (Lipinski definition) is 5. The van der Waals surface area contributed by atoms with Gasteiger partial charge in [-0.1, -0.05) is 0 Å². The Morgan fingerprint density at radius 3 is 2.75 bits per heavy atom. The highest BCUT2D eigenvalue weighted by Crippen LogP contribution is 2.32. The van der Waals surface area contributed by atoms with Crippen LogP contribution in [0.2, 0.25) is 0 Å². The predicted molar refractivity (Wildman–Crippen MR) is 114 cm³/mol. The molecule has 0 saturated carbocycles. The Bertz CT molecular complexity index is 697. The number of hydrogen-bond donors (Lipinski definition) is 0. The van der Waals surface area contributed by atoms with Gasteiger partial charge in [-0.05, 0) is 59.6 Å². The maximum Gasteiger partial charge on any atom is 0.274 e. The van der Waals surface area contributed by atoms with Gasteiger partial charge < -0.3 is 9.80 Å². The van der Waals surface area contributed by atoms with Crippen molar-refractivity contribution in [2.45, 2.75) is 50.2 Å². The van der Waals surface area contributed by atoms with Crippen molar-refractivity contribution in [3.05, 3.63) is 17.5 Å². The SMILES string of the molecule is CC=NCCCn1nc(C(=O)N2CC(N(C)C)C2)cc1[C@@H]1CC[C@@H](Cl)CN1C. The van der Waals surface area contributed by atoms with Gasteiger partial charge in [0.15, 0.2) is 5.69 Å². The molecule has 0 aromatic carbocycles. The van der Waals surface area contributed by atoms with Crippen LogP contribution in [0.1, 0.15) is 48.4 Å². The third kappa shape index (κ3) is 4.75. The molecule has 0 bridgehead atoms. The molecule has 7 nitrogen and oxygen atoms in total. The Morgan fingerprint density at radius 1 is 1.36 bits per heavy atom. The summed E-state index contributed by atoms with van der Waals surface area (Å²) in [6.45, 7) is 5.89. The van der Waals surface area contributed by atoms with Gasteiger partial charge in [0.2, 0.25) is 0 Å². The molecular formula is C20H33ClN6O. The van der Waals surface area contributed by atoms with Crippen LogP contribution >= 0.6 is 11.6 Å². The Hall–Kier alpha value is -1.44. The quantitative estimate of drug-likeness (QED) is 0.394. The van der Waals surface area contributed by atoms with Crippen molar-refractivity contribution in [2.24, 2.45) is 4.99 Å². The van der Waals surface area contributed by atoms with Gasteiger partial charge in [-0.2, -0.15) is 5.10 Å². The number of halogens is 1. The molecule has 0 radical (unpaired) electrons. The van der Waals surface area contributed by atoms with Gasteiger partial charge in [0.1, 0.15) is 0 Å². The molecule has 3 rings (SSSR count). The van der Waals surface area contributed by atoms with Gasteiger partial charge in [-0.25, -0.2) is 0 Å². The summed E-state index contributed by atoms with van der Waals surface area (Å²) < 4.78 is 2.03. The van der Waals surface area contributed by atoms with Crippen molar-refractivity contribution in [2.75, 3.05) is 47.3 Å². The number of aliphatic imine (C=N–C) groups is 1. The maximum absolute atomic E-state index is 12.9. The van der Waals surface area contributed by atoms with E-state index in [-0.39, 0.29) is 17.3 Å². The summed E-state index contributed by atoms with van der Waals surface area (Å²) in [5, 5.41) is 4.91. The Balaban J connectivity index is 1.76. The molecule has 2 aliphatic rings. The minimum Gasteiger partial charge on any atom is -0.334 e. The molecule has 2 saturated heterocycles. The van der Waals surface area contributed by atoms with E-state index in [1.54, 1.807) is 0 Å². The van der Waals surface area contributed by atoms with Crippen LogP contribution in [-0.2, 0) is 6.54 Å². The second-order valence-corrected chi connectivity index (χ2v) is 8.77. The second kappa shape index (κ2) is 9.37. The molecule has 2 atom stereocenters. The van der Waals surface area contributed by atoms with Crippen molar-refractivity contribution in [3.63, 3.8) is 0 Å². The zero-order valence-corrected chi connectivity index (χ0v) is 18.3. The highest BCUT2D eigenvalue weighted by atomic mass is 35.5. The van der Waals surface area contributed by atoms with Gasteiger partial charge in [0.05, 0.1) is 11.7 Å². The molecular weight excluding hydrogens is 376 g/mol. The Morgan fingerprint density at radius 2 is 2.11 bits per heavy atom. The summed E-state index contributed by atoms with van der Waals surface area (Å²) >= 11 is 6.34. The normalized spacial score (nSPS) is 24.3. The third-order valence-electron chi connectivity index (χ3n) is 5.86. The number of rotatable bonds is 7. The summed E-state index contributed by atoms with van der Waals surface area (Å²) in [6, 6.07) is 2.71. The van der Waals surface area contributed by atoms with E-state index in [1.807, 2.05) is 28.8 Å². The van der Waals surface area contributed by atoms with E-state index in [0.717, 1.165) is 57.7 Å². The van der Waals surface area contributed by atoms with Gasteiger partial charge in [0.25, 0.3) is 5.91 Å². The maximum atomic E-state index is 12.9. The molecule has 3 heterocycles. The van der Waals surface area contributed by atoms with E-state index in [1.165, 1.54) is 0 Å². The summed E-state index contributed by atoms with van der Waals surface area (Å²) in [5.41, 5.74) is 1.69.